The number of fused-ring (bicyclic) bond motifs is 2. The Kier molecular flexibility index (Phi) is 7.40. The highest BCUT2D eigenvalue weighted by atomic mass is 32.2. The summed E-state index contributed by atoms with van der Waals surface area (Å²) in [5, 5.41) is 10.3. The number of esters is 1. The van der Waals surface area contributed by atoms with E-state index in [0.717, 1.165) is 9.01 Å². The molecule has 0 radical (unpaired) electrons. The molecule has 3 aromatic carbocycles. The Bertz CT molecular complexity index is 1810. The maximum atomic E-state index is 14.0. The number of aromatic nitrogens is 2. The largest absolute Gasteiger partial charge is 0.486 e. The zero-order valence-electron chi connectivity index (χ0n) is 20.8. The molecule has 0 spiro atoms. The number of pyridine rings is 1. The molecule has 5 aromatic rings. The minimum atomic E-state index is -4.21. The fourth-order valence-corrected chi connectivity index (χ4v) is 6.42. The monoisotopic (exact) mass is 558 g/mol. The van der Waals surface area contributed by atoms with Crippen molar-refractivity contribution >= 4 is 54.1 Å². The number of carbonyl (C=O) groups excluding carboxylic acids is 1. The summed E-state index contributed by atoms with van der Waals surface area (Å²) in [6.07, 6.45) is 1.53. The highest BCUT2D eigenvalue weighted by molar-refractivity contribution is 7.93. The van der Waals surface area contributed by atoms with E-state index >= 15 is 0 Å². The summed E-state index contributed by atoms with van der Waals surface area (Å²) < 4.78 is 40.6. The van der Waals surface area contributed by atoms with Gasteiger partial charge in [-0.1, -0.05) is 18.2 Å². The summed E-state index contributed by atoms with van der Waals surface area (Å²) in [6, 6.07) is 22.3. The molecule has 2 heterocycles. The molecule has 196 valence electrons. The third kappa shape index (κ3) is 5.52. The summed E-state index contributed by atoms with van der Waals surface area (Å²) in [7, 11) is -4.21. The molecule has 0 atom stereocenters. The first kappa shape index (κ1) is 26.1. The van der Waals surface area contributed by atoms with Crippen LogP contribution in [-0.4, -0.2) is 37.5 Å². The number of rotatable bonds is 9. The van der Waals surface area contributed by atoms with Gasteiger partial charge in [0.1, 0.15) is 28.8 Å². The Balaban J connectivity index is 1.49. The number of nitrogens with zero attached hydrogens (tertiary/aromatic N) is 4. The second-order valence-electron chi connectivity index (χ2n) is 8.33. The summed E-state index contributed by atoms with van der Waals surface area (Å²) in [5.74, 6) is -0.0755. The smallest absolute Gasteiger partial charge is 0.326 e. The van der Waals surface area contributed by atoms with Crippen molar-refractivity contribution in [3.8, 4) is 11.8 Å². The number of nitriles is 1. The molecule has 0 unspecified atom stereocenters. The maximum absolute atomic E-state index is 14.0. The van der Waals surface area contributed by atoms with Gasteiger partial charge < -0.3 is 9.47 Å². The Hall–Kier alpha value is -4.53. The Morgan fingerprint density at radius 1 is 1.08 bits per heavy atom. The lowest BCUT2D eigenvalue weighted by atomic mass is 10.2. The quantitative estimate of drug-likeness (QED) is 0.230. The molecular formula is C28H22N4O5S2. The van der Waals surface area contributed by atoms with Gasteiger partial charge in [-0.15, -0.1) is 11.3 Å². The topological polar surface area (TPSA) is 122 Å². The van der Waals surface area contributed by atoms with Gasteiger partial charge in [0, 0.05) is 11.6 Å². The van der Waals surface area contributed by atoms with Crippen molar-refractivity contribution < 1.29 is 22.7 Å². The van der Waals surface area contributed by atoms with Crippen LogP contribution in [0.15, 0.2) is 83.9 Å². The van der Waals surface area contributed by atoms with Crippen LogP contribution in [0.25, 0.3) is 21.1 Å². The van der Waals surface area contributed by atoms with Crippen LogP contribution in [0, 0.1) is 11.3 Å². The van der Waals surface area contributed by atoms with Crippen LogP contribution in [0.4, 0.5) is 5.69 Å². The van der Waals surface area contributed by atoms with Crippen molar-refractivity contribution in [2.45, 2.75) is 18.4 Å². The molecule has 0 amide bonds. The number of hydrogen-bond acceptors (Lipinski definition) is 9. The van der Waals surface area contributed by atoms with Crippen LogP contribution in [0.1, 0.15) is 17.5 Å². The summed E-state index contributed by atoms with van der Waals surface area (Å²) >= 11 is 1.41. The molecule has 2 aromatic heterocycles. The minimum Gasteiger partial charge on any atom is -0.486 e. The first-order valence-corrected chi connectivity index (χ1v) is 14.2. The van der Waals surface area contributed by atoms with E-state index in [-0.39, 0.29) is 23.8 Å². The highest BCUT2D eigenvalue weighted by Gasteiger charge is 2.30. The molecule has 39 heavy (non-hydrogen) atoms. The number of anilines is 1. The van der Waals surface area contributed by atoms with Gasteiger partial charge in [-0.25, -0.2) is 13.4 Å². The van der Waals surface area contributed by atoms with Crippen molar-refractivity contribution in [1.29, 1.82) is 5.26 Å². The first-order chi connectivity index (χ1) is 18.9. The Labute approximate surface area is 228 Å². The van der Waals surface area contributed by atoms with Gasteiger partial charge in [0.15, 0.2) is 0 Å². The number of ether oxygens (including phenoxy) is 2. The van der Waals surface area contributed by atoms with Gasteiger partial charge in [-0.05, 0) is 61.5 Å². The lowest BCUT2D eigenvalue weighted by Crippen LogP contribution is -2.36. The van der Waals surface area contributed by atoms with E-state index < -0.39 is 22.5 Å². The summed E-state index contributed by atoms with van der Waals surface area (Å²) in [4.78, 5) is 21.4. The normalized spacial score (nSPS) is 11.3. The van der Waals surface area contributed by atoms with E-state index in [2.05, 4.69) is 16.0 Å². The van der Waals surface area contributed by atoms with E-state index in [1.807, 2.05) is 0 Å². The molecule has 5 rings (SSSR count). The molecule has 0 saturated carbocycles. The van der Waals surface area contributed by atoms with Gasteiger partial charge in [0.2, 0.25) is 0 Å². The van der Waals surface area contributed by atoms with E-state index in [0.29, 0.717) is 32.7 Å². The molecule has 0 bridgehead atoms. The van der Waals surface area contributed by atoms with Gasteiger partial charge in [0.05, 0.1) is 39.7 Å². The van der Waals surface area contributed by atoms with Crippen molar-refractivity contribution in [1.82, 2.24) is 9.97 Å². The average molecular weight is 559 g/mol. The lowest BCUT2D eigenvalue weighted by Gasteiger charge is -2.24. The standard InChI is InChI=1S/C28H22N4O5S2/c1-2-36-27(33)17-32(39(34,35)25-7-3-5-20-6-4-14-30-28(20)25)21-10-13-24-23(15-21)31-26(38-24)18-37-22-11-8-19(16-29)9-12-22/h3-15H,2,17-18H2,1H3. The number of para-hydroxylation sites is 1. The van der Waals surface area contributed by atoms with Crippen LogP contribution in [0.3, 0.4) is 0 Å². The zero-order valence-corrected chi connectivity index (χ0v) is 22.4. The fourth-order valence-electron chi connectivity index (χ4n) is 3.99. The van der Waals surface area contributed by atoms with Crippen LogP contribution in [-0.2, 0) is 26.2 Å². The second-order valence-corrected chi connectivity index (χ2v) is 11.3. The van der Waals surface area contributed by atoms with Gasteiger partial charge in [0.25, 0.3) is 10.0 Å². The minimum absolute atomic E-state index is 0.0141. The lowest BCUT2D eigenvalue weighted by molar-refractivity contribution is -0.141. The molecule has 9 nitrogen and oxygen atoms in total. The molecule has 0 aliphatic heterocycles. The SMILES string of the molecule is CCOC(=O)CN(c1ccc2sc(COc3ccc(C#N)cc3)nc2c1)S(=O)(=O)c1cccc2cccnc12. The molecule has 0 aliphatic carbocycles. The van der Waals surface area contributed by atoms with Crippen LogP contribution < -0.4 is 9.04 Å². The van der Waals surface area contributed by atoms with Gasteiger partial charge in [-0.2, -0.15) is 5.26 Å². The maximum Gasteiger partial charge on any atom is 0.326 e. The van der Waals surface area contributed by atoms with Crippen LogP contribution in [0.2, 0.25) is 0 Å². The molecule has 0 N–H and O–H groups in total. The third-order valence-corrected chi connectivity index (χ3v) is 8.61. The highest BCUT2D eigenvalue weighted by Crippen LogP contribution is 2.32. The van der Waals surface area contributed by atoms with E-state index in [4.69, 9.17) is 14.7 Å². The summed E-state index contributed by atoms with van der Waals surface area (Å²) in [5.41, 5.74) is 1.69. The predicted octanol–water partition coefficient (Wildman–Crippen LogP) is 5.05. The predicted molar refractivity (Wildman–Crippen MR) is 148 cm³/mol. The van der Waals surface area contributed by atoms with Crippen molar-refractivity contribution in [2.24, 2.45) is 0 Å². The van der Waals surface area contributed by atoms with E-state index in [1.54, 1.807) is 73.7 Å². The zero-order chi connectivity index (χ0) is 27.4. The summed E-state index contributed by atoms with van der Waals surface area (Å²) in [6.45, 7) is 1.47. The molecular weight excluding hydrogens is 536 g/mol. The number of hydrogen-bond donors (Lipinski definition) is 0. The Morgan fingerprint density at radius 2 is 1.87 bits per heavy atom. The van der Waals surface area contributed by atoms with Crippen molar-refractivity contribution in [3.63, 3.8) is 0 Å². The van der Waals surface area contributed by atoms with Gasteiger partial charge >= 0.3 is 5.97 Å². The third-order valence-electron chi connectivity index (χ3n) is 5.79. The first-order valence-electron chi connectivity index (χ1n) is 11.9. The number of thiazole rings is 1. The van der Waals surface area contributed by atoms with Crippen LogP contribution in [0.5, 0.6) is 5.75 Å². The van der Waals surface area contributed by atoms with E-state index in [1.165, 1.54) is 23.6 Å². The van der Waals surface area contributed by atoms with Gasteiger partial charge in [-0.3, -0.25) is 14.1 Å². The number of benzene rings is 3. The second kappa shape index (κ2) is 11.1. The Morgan fingerprint density at radius 3 is 2.64 bits per heavy atom. The average Bonchev–Trinajstić information content (AvgIpc) is 3.37. The molecule has 11 heteroatoms. The fraction of sp³-hybridized carbons (Fsp3) is 0.143. The number of carbonyl (C=O) groups is 1. The van der Waals surface area contributed by atoms with Crippen LogP contribution >= 0.6 is 11.3 Å². The number of sulfonamides is 1. The van der Waals surface area contributed by atoms with E-state index in [9.17, 15) is 13.2 Å². The van der Waals surface area contributed by atoms with Crippen molar-refractivity contribution in [2.75, 3.05) is 17.5 Å². The molecule has 0 fully saturated rings. The van der Waals surface area contributed by atoms with Crippen molar-refractivity contribution in [3.05, 3.63) is 89.6 Å². The molecule has 0 saturated heterocycles. The molecule has 0 aliphatic rings.